The second kappa shape index (κ2) is 14.1. The molecule has 17 heteroatoms. The number of urea groups is 1. The van der Waals surface area contributed by atoms with Crippen LogP contribution in [0.1, 0.15) is 33.6 Å². The van der Waals surface area contributed by atoms with Crippen LogP contribution in [-0.2, 0) is 20.2 Å². The quantitative estimate of drug-likeness (QED) is 0.216. The van der Waals surface area contributed by atoms with E-state index in [1.54, 1.807) is 12.2 Å². The Bertz CT molecular complexity index is 2170. The van der Waals surface area contributed by atoms with Gasteiger partial charge in [0.1, 0.15) is 22.0 Å². The topological polar surface area (TPSA) is 249 Å². The Morgan fingerprint density at radius 3 is 1.31 bits per heavy atom. The predicted octanol–water partition coefficient (Wildman–Crippen LogP) is 4.92. The molecule has 0 spiro atoms. The molecule has 0 fully saturated rings. The van der Waals surface area contributed by atoms with Crippen LogP contribution in [-0.4, -0.2) is 75.9 Å². The summed E-state index contributed by atoms with van der Waals surface area (Å²) in [6.07, 6.45) is 11.3. The molecule has 0 heterocycles. The number of aliphatic imine (C=N–C) groups is 2. The number of carbonyl (C=O) groups excluding carboxylic acids is 3. The molecule has 0 saturated carbocycles. The summed E-state index contributed by atoms with van der Waals surface area (Å²) < 4.78 is 67.6. The van der Waals surface area contributed by atoms with Crippen LogP contribution in [0.4, 0.5) is 16.2 Å². The van der Waals surface area contributed by atoms with Crippen molar-refractivity contribution in [3.05, 3.63) is 131 Å². The Balaban J connectivity index is 1.09. The highest BCUT2D eigenvalue weighted by Crippen LogP contribution is 2.37. The number of aliphatic hydroxyl groups excluding tert-OH is 2. The lowest BCUT2D eigenvalue weighted by Crippen LogP contribution is -2.38. The molecule has 4 amide bonds. The third kappa shape index (κ3) is 7.62. The molecule has 6 rings (SSSR count). The van der Waals surface area contributed by atoms with Crippen molar-refractivity contribution >= 4 is 60.9 Å². The molecule has 268 valence electrons. The van der Waals surface area contributed by atoms with Crippen LogP contribution < -0.4 is 10.6 Å². The van der Waals surface area contributed by atoms with Gasteiger partial charge in [0, 0.05) is 34.3 Å². The number of aliphatic hydroxyl groups is 2. The number of allylic oxidation sites excluding steroid dienone is 8. The zero-order valence-electron chi connectivity index (χ0n) is 26.8. The fourth-order valence-electron chi connectivity index (χ4n) is 6.31. The number of hydrogen-bond acceptors (Lipinski definition) is 9. The molecule has 4 unspecified atom stereocenters. The molecule has 0 radical (unpaired) electrons. The average Bonchev–Trinajstić information content (AvgIpc) is 3.08. The van der Waals surface area contributed by atoms with E-state index in [9.17, 15) is 50.5 Å². The first-order chi connectivity index (χ1) is 24.6. The lowest BCUT2D eigenvalue weighted by atomic mass is 9.80. The number of carbonyl (C=O) groups is 3. The minimum absolute atomic E-state index is 0.0522. The van der Waals surface area contributed by atoms with Crippen LogP contribution in [0.2, 0.25) is 0 Å². The highest BCUT2D eigenvalue weighted by molar-refractivity contribution is 7.87. The minimum Gasteiger partial charge on any atom is -0.508 e. The first-order valence-electron chi connectivity index (χ1n) is 15.6. The Morgan fingerprint density at radius 2 is 0.962 bits per heavy atom. The second-order valence-electron chi connectivity index (χ2n) is 12.1. The van der Waals surface area contributed by atoms with Gasteiger partial charge >= 0.3 is 6.03 Å². The smallest absolute Gasteiger partial charge is 0.323 e. The number of rotatable bonds is 6. The molecule has 4 atom stereocenters. The van der Waals surface area contributed by atoms with Crippen LogP contribution in [0.5, 0.6) is 0 Å². The zero-order chi connectivity index (χ0) is 37.4. The fourth-order valence-corrected chi connectivity index (χ4v) is 8.16. The van der Waals surface area contributed by atoms with Crippen LogP contribution in [0.15, 0.2) is 130 Å². The number of nitrogens with one attached hydrogen (secondary N) is 2. The first-order valence-corrected chi connectivity index (χ1v) is 18.6. The normalized spacial score (nSPS) is 24.1. The lowest BCUT2D eigenvalue weighted by Gasteiger charge is -2.30. The number of amides is 4. The molecule has 4 aliphatic rings. The van der Waals surface area contributed by atoms with E-state index < -0.39 is 60.4 Å². The van der Waals surface area contributed by atoms with Crippen molar-refractivity contribution in [1.82, 2.24) is 0 Å². The largest absolute Gasteiger partial charge is 0.508 e. The summed E-state index contributed by atoms with van der Waals surface area (Å²) in [4.78, 5) is 46.8. The van der Waals surface area contributed by atoms with E-state index in [0.29, 0.717) is 22.5 Å². The van der Waals surface area contributed by atoms with Gasteiger partial charge in [0.15, 0.2) is 0 Å². The molecular formula is C35H30N4O11S2. The number of nitrogens with zero attached hydrogens (tertiary/aromatic N) is 2. The number of benzene rings is 2. The molecule has 2 aromatic rings. The van der Waals surface area contributed by atoms with Gasteiger partial charge in [0.05, 0.1) is 11.4 Å². The van der Waals surface area contributed by atoms with E-state index in [1.807, 2.05) is 0 Å². The van der Waals surface area contributed by atoms with Crippen molar-refractivity contribution < 1.29 is 50.5 Å². The summed E-state index contributed by atoms with van der Waals surface area (Å²) in [5.74, 6) is -3.87. The van der Waals surface area contributed by atoms with E-state index in [0.717, 1.165) is 12.2 Å². The monoisotopic (exact) mass is 746 g/mol. The maximum Gasteiger partial charge on any atom is 0.323 e. The second-order valence-corrected chi connectivity index (χ2v) is 15.2. The van der Waals surface area contributed by atoms with Gasteiger partial charge in [-0.2, -0.15) is 16.8 Å². The SMILES string of the molecule is O=C(Nc1ccc(C(=O)N=C2C=CCC3=C(O)C=CC(S(=O)(=O)O)C23)cc1)Nc1ccc(C(=O)N=C2C=CCC3=C(O)C=CC(S(=O)(=O)O)C23)cc1. The van der Waals surface area contributed by atoms with Crippen molar-refractivity contribution in [3.63, 3.8) is 0 Å². The standard InChI is InChI=1S/C35H30N4O11S2/c40-27-15-17-29(51(45,46)47)31-23(27)3-1-5-25(31)38-33(42)19-7-11-21(12-8-19)36-35(44)37-22-13-9-20(10-14-22)34(43)39-26-6-2-4-24-28(41)16-18-30(32(24)26)52(48,49)50/h1-2,5-18,29-32,40-41H,3-4H2,(H2,36,37,44)(H,45,46,47)(H,48,49,50). The predicted molar refractivity (Wildman–Crippen MR) is 192 cm³/mol. The van der Waals surface area contributed by atoms with Crippen LogP contribution in [0.3, 0.4) is 0 Å². The third-order valence-corrected chi connectivity index (χ3v) is 11.0. The summed E-state index contributed by atoms with van der Waals surface area (Å²) in [7, 11) is -9.15. The van der Waals surface area contributed by atoms with Crippen LogP contribution in [0.25, 0.3) is 0 Å². The number of fused-ring (bicyclic) bond motifs is 2. The van der Waals surface area contributed by atoms with Crippen molar-refractivity contribution in [2.45, 2.75) is 23.3 Å². The minimum atomic E-state index is -4.58. The van der Waals surface area contributed by atoms with Gasteiger partial charge in [-0.1, -0.05) is 24.3 Å². The molecular weight excluding hydrogens is 717 g/mol. The van der Waals surface area contributed by atoms with Gasteiger partial charge in [-0.25, -0.2) is 14.8 Å². The Labute approximate surface area is 297 Å². The molecule has 6 N–H and O–H groups in total. The maximum atomic E-state index is 13.0. The Kier molecular flexibility index (Phi) is 9.78. The van der Waals surface area contributed by atoms with Gasteiger partial charge in [-0.05, 0) is 96.8 Å². The zero-order valence-corrected chi connectivity index (χ0v) is 28.5. The van der Waals surface area contributed by atoms with Crippen LogP contribution >= 0.6 is 0 Å². The van der Waals surface area contributed by atoms with E-state index in [4.69, 9.17) is 0 Å². The van der Waals surface area contributed by atoms with Crippen molar-refractivity contribution in [3.8, 4) is 0 Å². The molecule has 15 nitrogen and oxygen atoms in total. The summed E-state index contributed by atoms with van der Waals surface area (Å²) >= 11 is 0. The molecule has 0 bridgehead atoms. The lowest BCUT2D eigenvalue weighted by molar-refractivity contribution is 0.0994. The molecule has 0 aromatic heterocycles. The van der Waals surface area contributed by atoms with E-state index >= 15 is 0 Å². The fraction of sp³-hybridized carbons (Fsp3) is 0.171. The van der Waals surface area contributed by atoms with Crippen molar-refractivity contribution in [1.29, 1.82) is 0 Å². The average molecular weight is 747 g/mol. The highest BCUT2D eigenvalue weighted by atomic mass is 32.2. The van der Waals surface area contributed by atoms with E-state index in [-0.39, 0.29) is 46.9 Å². The number of anilines is 2. The molecule has 0 aliphatic heterocycles. The number of hydrogen-bond donors (Lipinski definition) is 6. The molecule has 2 aromatic carbocycles. The van der Waals surface area contributed by atoms with Gasteiger partial charge in [-0.15, -0.1) is 0 Å². The van der Waals surface area contributed by atoms with Gasteiger partial charge in [0.25, 0.3) is 32.1 Å². The summed E-state index contributed by atoms with van der Waals surface area (Å²) in [5, 5.41) is 22.9. The van der Waals surface area contributed by atoms with Gasteiger partial charge in [-0.3, -0.25) is 18.7 Å². The maximum absolute atomic E-state index is 13.0. The van der Waals surface area contributed by atoms with E-state index in [1.165, 1.54) is 72.8 Å². The molecule has 0 saturated heterocycles. The molecule has 4 aliphatic carbocycles. The summed E-state index contributed by atoms with van der Waals surface area (Å²) in [5.41, 5.74) is 1.57. The Hall–Kier alpha value is -5.75. The summed E-state index contributed by atoms with van der Waals surface area (Å²) in [6.45, 7) is 0. The third-order valence-electron chi connectivity index (χ3n) is 8.77. The van der Waals surface area contributed by atoms with Gasteiger partial charge < -0.3 is 20.8 Å². The highest BCUT2D eigenvalue weighted by Gasteiger charge is 2.41. The Morgan fingerprint density at radius 1 is 0.596 bits per heavy atom. The van der Waals surface area contributed by atoms with Gasteiger partial charge in [0.2, 0.25) is 0 Å². The van der Waals surface area contributed by atoms with Crippen molar-refractivity contribution in [2.24, 2.45) is 21.8 Å². The first kappa shape index (κ1) is 36.1. The summed E-state index contributed by atoms with van der Waals surface area (Å²) in [6, 6.07) is 10.7. The molecule has 52 heavy (non-hydrogen) atoms. The van der Waals surface area contributed by atoms with Crippen LogP contribution in [0, 0.1) is 11.8 Å². The van der Waals surface area contributed by atoms with Crippen molar-refractivity contribution in [2.75, 3.05) is 10.6 Å². The van der Waals surface area contributed by atoms with E-state index in [2.05, 4.69) is 20.6 Å².